The summed E-state index contributed by atoms with van der Waals surface area (Å²) in [5.41, 5.74) is 5.11. The van der Waals surface area contributed by atoms with Crippen LogP contribution in [0.15, 0.2) is 23.5 Å². The molecule has 0 bridgehead atoms. The number of fused-ring (bicyclic) bond motifs is 1. The third kappa shape index (κ3) is 5.61. The number of ether oxygens (including phenoxy) is 2. The van der Waals surface area contributed by atoms with Crippen LogP contribution in [0, 0.1) is 16.7 Å². The normalized spacial score (nSPS) is 28.1. The minimum Gasteiger partial charge on any atom is -0.487 e. The van der Waals surface area contributed by atoms with Gasteiger partial charge in [-0.3, -0.25) is 14.4 Å². The maximum Gasteiger partial charge on any atom is 0.310 e. The number of rotatable bonds is 9. The van der Waals surface area contributed by atoms with Gasteiger partial charge in [-0.25, -0.2) is 14.6 Å². The fraction of sp³-hybridized carbons (Fsp3) is 0.645. The topological polar surface area (TPSA) is 152 Å². The highest BCUT2D eigenvalue weighted by Gasteiger charge is 2.56. The summed E-state index contributed by atoms with van der Waals surface area (Å²) in [6.07, 6.45) is 0.877. The van der Waals surface area contributed by atoms with Crippen LogP contribution in [0.25, 0.3) is 0 Å². The number of benzene rings is 1. The van der Waals surface area contributed by atoms with Crippen molar-refractivity contribution in [2.24, 2.45) is 28.3 Å². The molecule has 6 rings (SSSR count). The van der Waals surface area contributed by atoms with E-state index in [9.17, 15) is 28.3 Å². The lowest BCUT2D eigenvalue weighted by molar-refractivity contribution is -0.165. The third-order valence-electron chi connectivity index (χ3n) is 10.5. The van der Waals surface area contributed by atoms with Crippen LogP contribution in [0.5, 0.6) is 5.75 Å². The van der Waals surface area contributed by atoms with Crippen LogP contribution in [0.3, 0.4) is 0 Å². The highest BCUT2D eigenvalue weighted by molar-refractivity contribution is 6.31. The van der Waals surface area contributed by atoms with Gasteiger partial charge in [0.1, 0.15) is 24.2 Å². The molecule has 1 aromatic rings. The van der Waals surface area contributed by atoms with Gasteiger partial charge in [0, 0.05) is 30.1 Å². The molecule has 11 nitrogen and oxygen atoms in total. The van der Waals surface area contributed by atoms with Gasteiger partial charge < -0.3 is 35.1 Å². The van der Waals surface area contributed by atoms with Gasteiger partial charge in [-0.1, -0.05) is 24.4 Å². The van der Waals surface area contributed by atoms with E-state index in [1.165, 1.54) is 0 Å². The van der Waals surface area contributed by atoms with E-state index >= 15 is 0 Å². The Balaban J connectivity index is 1.38. The Kier molecular flexibility index (Phi) is 8.40. The van der Waals surface area contributed by atoms with Crippen molar-refractivity contribution in [3.63, 3.8) is 0 Å². The number of hydrazine groups is 1. The molecule has 1 unspecified atom stereocenters. The van der Waals surface area contributed by atoms with Crippen molar-refractivity contribution in [1.82, 2.24) is 14.8 Å². The summed E-state index contributed by atoms with van der Waals surface area (Å²) < 4.78 is 39.4. The third-order valence-corrected chi connectivity index (χ3v) is 10.9. The van der Waals surface area contributed by atoms with Gasteiger partial charge in [0.15, 0.2) is 0 Å². The maximum atomic E-state index is 14.4. The van der Waals surface area contributed by atoms with Crippen molar-refractivity contribution in [2.75, 3.05) is 32.9 Å². The van der Waals surface area contributed by atoms with Crippen LogP contribution in [-0.4, -0.2) is 83.1 Å². The van der Waals surface area contributed by atoms with Gasteiger partial charge in [0.25, 0.3) is 6.43 Å². The zero-order valence-corrected chi connectivity index (χ0v) is 26.0. The second kappa shape index (κ2) is 11.9. The van der Waals surface area contributed by atoms with Crippen LogP contribution in [0.4, 0.5) is 8.78 Å². The SMILES string of the molecule is C[C@]1(C(=O)O)CCCCC1C(=O)N1CCc2c(Cl)ccc(OC/C(N)=C(\C(F)F)N(N)C3COC3)c2[C@H]1N1CC2(CC2)CC1=O. The first kappa shape index (κ1) is 31.8. The number of allylic oxidation sites excluding steroid dienone is 1. The lowest BCUT2D eigenvalue weighted by Crippen LogP contribution is -2.54. The summed E-state index contributed by atoms with van der Waals surface area (Å²) in [6.45, 7) is 2.26. The molecule has 3 heterocycles. The van der Waals surface area contributed by atoms with Crippen molar-refractivity contribution < 1.29 is 37.7 Å². The summed E-state index contributed by atoms with van der Waals surface area (Å²) in [4.78, 5) is 43.8. The lowest BCUT2D eigenvalue weighted by Gasteiger charge is -2.47. The number of carboxylic acids is 1. The molecule has 45 heavy (non-hydrogen) atoms. The maximum absolute atomic E-state index is 14.4. The van der Waals surface area contributed by atoms with Gasteiger partial charge in [-0.05, 0) is 62.1 Å². The van der Waals surface area contributed by atoms with E-state index in [-0.39, 0.29) is 48.4 Å². The Morgan fingerprint density at radius 1 is 1.24 bits per heavy atom. The van der Waals surface area contributed by atoms with E-state index in [1.807, 2.05) is 0 Å². The molecule has 14 heteroatoms. The highest BCUT2D eigenvalue weighted by Crippen LogP contribution is 2.56. The lowest BCUT2D eigenvalue weighted by atomic mass is 9.66. The summed E-state index contributed by atoms with van der Waals surface area (Å²) in [6, 6.07) is 2.79. The fourth-order valence-corrected chi connectivity index (χ4v) is 7.68. The molecule has 5 aliphatic rings. The average molecular weight is 652 g/mol. The molecule has 2 saturated heterocycles. The fourth-order valence-electron chi connectivity index (χ4n) is 7.42. The Hall–Kier alpha value is -3.16. The van der Waals surface area contributed by atoms with Crippen molar-refractivity contribution in [3.05, 3.63) is 39.7 Å². The smallest absolute Gasteiger partial charge is 0.310 e. The average Bonchev–Trinajstić information content (AvgIpc) is 3.64. The van der Waals surface area contributed by atoms with Crippen LogP contribution < -0.4 is 16.3 Å². The summed E-state index contributed by atoms with van der Waals surface area (Å²) >= 11 is 6.70. The Bertz CT molecular complexity index is 1420. The Morgan fingerprint density at radius 2 is 1.98 bits per heavy atom. The number of nitrogens with zero attached hydrogens (tertiary/aromatic N) is 3. The molecule has 0 aromatic heterocycles. The van der Waals surface area contributed by atoms with E-state index < -0.39 is 48.2 Å². The first-order valence-electron chi connectivity index (χ1n) is 15.5. The number of aliphatic carboxylic acids is 1. The second-order valence-corrected chi connectivity index (χ2v) is 13.8. The Labute approximate surface area is 265 Å². The molecule has 246 valence electrons. The van der Waals surface area contributed by atoms with Crippen molar-refractivity contribution in [3.8, 4) is 5.75 Å². The molecule has 5 N–H and O–H groups in total. The standard InChI is InChI=1S/C31H40ClF2N5O6/c1-30(29(42)43)8-3-2-4-19(30)28(41)37-11-7-18-20(32)5-6-22(24(18)27(37)38-16-31(9-10-31)12-23(38)40)45-15-21(35)25(26(33)34)39(36)17-13-44-14-17/h5-6,17,19,26-27H,2-4,7-16,35-36H2,1H3,(H,42,43)/b25-21-/t19?,27-,30+/m1/s1. The van der Waals surface area contributed by atoms with Gasteiger partial charge in [-0.15, -0.1) is 0 Å². The van der Waals surface area contributed by atoms with E-state index in [4.69, 9.17) is 32.7 Å². The van der Waals surface area contributed by atoms with Gasteiger partial charge in [-0.2, -0.15) is 0 Å². The predicted molar refractivity (Wildman–Crippen MR) is 159 cm³/mol. The molecule has 3 aliphatic heterocycles. The van der Waals surface area contributed by atoms with Gasteiger partial charge >= 0.3 is 5.97 Å². The molecule has 1 aromatic carbocycles. The molecule has 2 aliphatic carbocycles. The molecule has 2 amide bonds. The van der Waals surface area contributed by atoms with Crippen molar-refractivity contribution >= 4 is 29.4 Å². The minimum absolute atomic E-state index is 0.111. The van der Waals surface area contributed by atoms with E-state index in [1.54, 1.807) is 28.9 Å². The Morgan fingerprint density at radius 3 is 2.58 bits per heavy atom. The first-order valence-corrected chi connectivity index (χ1v) is 15.9. The molecule has 0 radical (unpaired) electrons. The number of amides is 2. The second-order valence-electron chi connectivity index (χ2n) is 13.4. The zero-order chi connectivity index (χ0) is 32.3. The van der Waals surface area contributed by atoms with E-state index in [0.29, 0.717) is 54.8 Å². The highest BCUT2D eigenvalue weighted by atomic mass is 35.5. The monoisotopic (exact) mass is 651 g/mol. The minimum atomic E-state index is -2.96. The molecule has 4 fully saturated rings. The van der Waals surface area contributed by atoms with Crippen LogP contribution in [0.2, 0.25) is 5.02 Å². The van der Waals surface area contributed by atoms with Crippen LogP contribution >= 0.6 is 11.6 Å². The molecule has 1 spiro atoms. The number of carbonyl (C=O) groups is 3. The first-order chi connectivity index (χ1) is 21.4. The summed E-state index contributed by atoms with van der Waals surface area (Å²) in [5, 5.41) is 11.5. The van der Waals surface area contributed by atoms with Gasteiger partial charge in [0.05, 0.1) is 36.3 Å². The number of alkyl halides is 2. The van der Waals surface area contributed by atoms with Crippen molar-refractivity contribution in [1.29, 1.82) is 0 Å². The number of carboxylic acid groups (broad SMARTS) is 1. The largest absolute Gasteiger partial charge is 0.487 e. The summed E-state index contributed by atoms with van der Waals surface area (Å²) in [7, 11) is 0. The number of halogens is 3. The zero-order valence-electron chi connectivity index (χ0n) is 25.3. The number of carbonyl (C=O) groups excluding carboxylic acids is 2. The van der Waals surface area contributed by atoms with Crippen molar-refractivity contribution in [2.45, 2.75) is 76.9 Å². The summed E-state index contributed by atoms with van der Waals surface area (Å²) in [5.74, 6) is 3.99. The molecular weight excluding hydrogens is 612 g/mol. The van der Waals surface area contributed by atoms with Crippen LogP contribution in [-0.2, 0) is 25.5 Å². The quantitative estimate of drug-likeness (QED) is 0.270. The number of hydrogen-bond donors (Lipinski definition) is 3. The van der Waals surface area contributed by atoms with Crippen LogP contribution in [0.1, 0.15) is 69.2 Å². The molecule has 2 saturated carbocycles. The number of hydrogen-bond acceptors (Lipinski definition) is 8. The van der Waals surface area contributed by atoms with E-state index in [2.05, 4.69) is 0 Å². The number of nitrogens with two attached hydrogens (primary N) is 2. The predicted octanol–water partition coefficient (Wildman–Crippen LogP) is 3.41. The number of likely N-dealkylation sites (tertiary alicyclic amines) is 1. The molecule has 3 atom stereocenters. The van der Waals surface area contributed by atoms with Gasteiger partial charge in [0.2, 0.25) is 11.8 Å². The molecular formula is C31H40ClF2N5O6. The van der Waals surface area contributed by atoms with E-state index in [0.717, 1.165) is 24.3 Å².